The van der Waals surface area contributed by atoms with Crippen molar-refractivity contribution in [1.29, 1.82) is 0 Å². The molecule has 3 amide bonds. The van der Waals surface area contributed by atoms with E-state index in [0.29, 0.717) is 35.4 Å². The third-order valence-electron chi connectivity index (χ3n) is 4.68. The summed E-state index contributed by atoms with van der Waals surface area (Å²) in [4.78, 5) is 38.4. The van der Waals surface area contributed by atoms with Crippen molar-refractivity contribution in [2.75, 3.05) is 26.0 Å². The van der Waals surface area contributed by atoms with Crippen LogP contribution >= 0.6 is 22.6 Å². The van der Waals surface area contributed by atoms with Crippen LogP contribution in [0.3, 0.4) is 0 Å². The highest BCUT2D eigenvalue weighted by atomic mass is 127. The minimum atomic E-state index is -0.476. The molecule has 1 aliphatic rings. The molecule has 2 aromatic rings. The number of phenolic OH excluding ortho intramolecular Hbond substituents is 1. The van der Waals surface area contributed by atoms with E-state index < -0.39 is 11.8 Å². The van der Waals surface area contributed by atoms with Gasteiger partial charge in [-0.1, -0.05) is 12.6 Å². The molecule has 0 spiro atoms. The highest BCUT2D eigenvalue weighted by molar-refractivity contribution is 14.1. The highest BCUT2D eigenvalue weighted by Crippen LogP contribution is 2.27. The Morgan fingerprint density at radius 1 is 1.16 bits per heavy atom. The summed E-state index contributed by atoms with van der Waals surface area (Å²) in [6, 6.07) is 10.1. The molecule has 3 rings (SSSR count). The number of carbonyl (C=O) groups is 3. The summed E-state index contributed by atoms with van der Waals surface area (Å²) in [6.07, 6.45) is 1.55. The number of aromatic hydroxyl groups is 1. The number of nitrogens with one attached hydrogen (secondary N) is 3. The Morgan fingerprint density at radius 3 is 2.59 bits per heavy atom. The zero-order valence-electron chi connectivity index (χ0n) is 17.7. The fourth-order valence-electron chi connectivity index (χ4n) is 3.17. The van der Waals surface area contributed by atoms with Gasteiger partial charge in [-0.2, -0.15) is 0 Å². The van der Waals surface area contributed by atoms with Crippen LogP contribution in [0.1, 0.15) is 21.5 Å². The maximum atomic E-state index is 12.3. The van der Waals surface area contributed by atoms with Gasteiger partial charge in [0.2, 0.25) is 0 Å². The van der Waals surface area contributed by atoms with E-state index in [-0.39, 0.29) is 17.3 Å². The zero-order valence-corrected chi connectivity index (χ0v) is 19.8. The normalized spacial score (nSPS) is 14.2. The molecule has 0 radical (unpaired) electrons. The van der Waals surface area contributed by atoms with Crippen LogP contribution in [0.25, 0.3) is 5.57 Å². The third kappa shape index (κ3) is 5.54. The van der Waals surface area contributed by atoms with Gasteiger partial charge in [0.15, 0.2) is 0 Å². The average molecular weight is 546 g/mol. The van der Waals surface area contributed by atoms with Crippen LogP contribution in [0.5, 0.6) is 5.75 Å². The summed E-state index contributed by atoms with van der Waals surface area (Å²) in [5.74, 6) is -1.34. The van der Waals surface area contributed by atoms with Crippen molar-refractivity contribution in [2.45, 2.75) is 6.54 Å². The van der Waals surface area contributed by atoms with Crippen molar-refractivity contribution >= 4 is 51.6 Å². The molecule has 0 aliphatic carbocycles. The van der Waals surface area contributed by atoms with E-state index in [2.05, 4.69) is 45.1 Å². The second-order valence-corrected chi connectivity index (χ2v) is 8.80. The number of benzene rings is 2. The monoisotopic (exact) mass is 546 g/mol. The van der Waals surface area contributed by atoms with Crippen LogP contribution in [-0.2, 0) is 16.1 Å². The summed E-state index contributed by atoms with van der Waals surface area (Å²) >= 11 is 2.13. The molecule has 1 aliphatic heterocycles. The molecular formula is C23H23IN4O4. The van der Waals surface area contributed by atoms with Crippen LogP contribution in [0.2, 0.25) is 0 Å². The Hall–Kier alpha value is -3.18. The first-order chi connectivity index (χ1) is 15.2. The van der Waals surface area contributed by atoms with Crippen molar-refractivity contribution in [3.63, 3.8) is 0 Å². The first kappa shape index (κ1) is 23.5. The Bertz CT molecular complexity index is 1140. The number of hydrogen-bond acceptors (Lipinski definition) is 6. The topological polar surface area (TPSA) is 111 Å². The number of phenols is 1. The minimum absolute atomic E-state index is 0.0798. The second-order valence-electron chi connectivity index (χ2n) is 7.56. The maximum absolute atomic E-state index is 12.3. The molecule has 1 heterocycles. The second kappa shape index (κ2) is 9.96. The van der Waals surface area contributed by atoms with E-state index in [4.69, 9.17) is 0 Å². The smallest absolute Gasteiger partial charge is 0.260 e. The van der Waals surface area contributed by atoms with Gasteiger partial charge in [0.25, 0.3) is 17.7 Å². The predicted octanol–water partition coefficient (Wildman–Crippen LogP) is 2.45. The summed E-state index contributed by atoms with van der Waals surface area (Å²) < 4.78 is 0.908. The molecule has 0 bridgehead atoms. The van der Waals surface area contributed by atoms with E-state index in [1.807, 2.05) is 19.0 Å². The first-order valence-corrected chi connectivity index (χ1v) is 10.8. The van der Waals surface area contributed by atoms with Gasteiger partial charge in [0.1, 0.15) is 5.75 Å². The van der Waals surface area contributed by atoms with Gasteiger partial charge in [-0.25, -0.2) is 0 Å². The van der Waals surface area contributed by atoms with Gasteiger partial charge in [-0.3, -0.25) is 19.7 Å². The van der Waals surface area contributed by atoms with Crippen molar-refractivity contribution in [2.24, 2.45) is 0 Å². The molecular weight excluding hydrogens is 523 g/mol. The number of amides is 3. The number of nitrogens with zero attached hydrogens (tertiary/aromatic N) is 1. The first-order valence-electron chi connectivity index (χ1n) is 9.70. The van der Waals surface area contributed by atoms with Crippen LogP contribution in [0.4, 0.5) is 5.69 Å². The average Bonchev–Trinajstić information content (AvgIpc) is 2.71. The zero-order chi connectivity index (χ0) is 23.4. The van der Waals surface area contributed by atoms with Crippen molar-refractivity contribution in [3.05, 3.63) is 75.0 Å². The van der Waals surface area contributed by atoms with Crippen LogP contribution in [0, 0.1) is 3.57 Å². The van der Waals surface area contributed by atoms with Gasteiger partial charge in [-0.15, -0.1) is 0 Å². The van der Waals surface area contributed by atoms with E-state index in [9.17, 15) is 19.5 Å². The lowest BCUT2D eigenvalue weighted by molar-refractivity contribution is -0.115. The van der Waals surface area contributed by atoms with Crippen LogP contribution in [0.15, 0.2) is 54.8 Å². The van der Waals surface area contributed by atoms with Gasteiger partial charge in [-0.05, 0) is 72.6 Å². The number of fused-ring (bicyclic) bond motifs is 1. The molecule has 0 unspecified atom stereocenters. The fourth-order valence-corrected chi connectivity index (χ4v) is 3.66. The van der Waals surface area contributed by atoms with Crippen molar-refractivity contribution in [3.8, 4) is 5.75 Å². The number of rotatable bonds is 7. The number of hydrogen-bond donors (Lipinski definition) is 4. The van der Waals surface area contributed by atoms with E-state index >= 15 is 0 Å². The molecule has 32 heavy (non-hydrogen) atoms. The van der Waals surface area contributed by atoms with Gasteiger partial charge in [0, 0.05) is 39.6 Å². The van der Waals surface area contributed by atoms with Crippen molar-refractivity contribution in [1.82, 2.24) is 15.5 Å². The predicted molar refractivity (Wildman–Crippen MR) is 131 cm³/mol. The summed E-state index contributed by atoms with van der Waals surface area (Å²) in [5, 5.41) is 18.3. The summed E-state index contributed by atoms with van der Waals surface area (Å²) in [6.45, 7) is 4.48. The molecule has 166 valence electrons. The van der Waals surface area contributed by atoms with E-state index in [1.165, 1.54) is 6.07 Å². The quantitative estimate of drug-likeness (QED) is 0.184. The maximum Gasteiger partial charge on any atom is 0.260 e. The molecule has 8 nitrogen and oxygen atoms in total. The molecule has 4 N–H and O–H groups in total. The standard InChI is InChI=1S/C23H23IN4O4/c1-13(12-28(2)3)21(30)26-19-7-4-14(8-20(19)29)10-25-11-18-17-9-15(24)5-6-16(17)22(31)27-23(18)32/h4-9,11,25,29H,1,10,12H2,2-3H3,(H,26,30)(H,27,31,32)/b18-11-. The number of halogens is 1. The molecule has 9 heteroatoms. The number of imide groups is 1. The lowest BCUT2D eigenvalue weighted by Gasteiger charge is -2.18. The Balaban J connectivity index is 1.69. The Morgan fingerprint density at radius 2 is 1.91 bits per heavy atom. The highest BCUT2D eigenvalue weighted by Gasteiger charge is 2.27. The van der Waals surface area contributed by atoms with Crippen LogP contribution < -0.4 is 16.0 Å². The lowest BCUT2D eigenvalue weighted by Crippen LogP contribution is -2.37. The number of likely N-dealkylation sites (N-methyl/N-ethyl adjacent to an activating group) is 1. The summed E-state index contributed by atoms with van der Waals surface area (Å²) in [7, 11) is 3.67. The van der Waals surface area contributed by atoms with E-state index in [0.717, 1.165) is 9.13 Å². The number of anilines is 1. The lowest BCUT2D eigenvalue weighted by atomic mass is 9.95. The third-order valence-corrected chi connectivity index (χ3v) is 5.35. The van der Waals surface area contributed by atoms with Crippen LogP contribution in [-0.4, -0.2) is 48.4 Å². The largest absolute Gasteiger partial charge is 0.506 e. The van der Waals surface area contributed by atoms with Crippen molar-refractivity contribution < 1.29 is 19.5 Å². The minimum Gasteiger partial charge on any atom is -0.506 e. The molecule has 0 saturated carbocycles. The van der Waals surface area contributed by atoms with Gasteiger partial charge >= 0.3 is 0 Å². The molecule has 0 fully saturated rings. The molecule has 0 saturated heterocycles. The van der Waals surface area contributed by atoms with Gasteiger partial charge in [0.05, 0.1) is 11.3 Å². The van der Waals surface area contributed by atoms with Gasteiger partial charge < -0.3 is 20.6 Å². The fraction of sp³-hybridized carbons (Fsp3) is 0.174. The summed E-state index contributed by atoms with van der Waals surface area (Å²) in [5.41, 5.74) is 2.76. The number of carbonyl (C=O) groups excluding carboxylic acids is 3. The molecule has 2 aromatic carbocycles. The Kier molecular flexibility index (Phi) is 7.31. The molecule has 0 aromatic heterocycles. The molecule has 0 atom stereocenters. The van der Waals surface area contributed by atoms with E-state index in [1.54, 1.807) is 36.5 Å². The SMILES string of the molecule is C=C(CN(C)C)C(=O)Nc1ccc(CN/C=C2\C(=O)NC(=O)c3ccc(I)cc32)cc1O. The Labute approximate surface area is 199 Å².